The number of hydrogen-bond donors (Lipinski definition) is 2. The van der Waals surface area contributed by atoms with Gasteiger partial charge in [-0.25, -0.2) is 8.42 Å². The van der Waals surface area contributed by atoms with E-state index in [0.717, 1.165) is 38.3 Å². The smallest absolute Gasteiger partial charge is 0.191 e. The van der Waals surface area contributed by atoms with Crippen molar-refractivity contribution in [3.63, 3.8) is 0 Å². The van der Waals surface area contributed by atoms with E-state index in [1.54, 1.807) is 0 Å². The molecule has 1 unspecified atom stereocenters. The van der Waals surface area contributed by atoms with Crippen molar-refractivity contribution in [1.82, 2.24) is 15.5 Å². The molecule has 6 nitrogen and oxygen atoms in total. The first-order chi connectivity index (χ1) is 11.2. The van der Waals surface area contributed by atoms with E-state index in [2.05, 4.69) is 48.2 Å². The van der Waals surface area contributed by atoms with Gasteiger partial charge in [0.1, 0.15) is 0 Å². The Morgan fingerprint density at radius 3 is 2.28 bits per heavy atom. The van der Waals surface area contributed by atoms with Crippen LogP contribution in [0.5, 0.6) is 0 Å². The zero-order valence-electron chi connectivity index (χ0n) is 16.0. The summed E-state index contributed by atoms with van der Waals surface area (Å²) >= 11 is 0. The lowest BCUT2D eigenvalue weighted by atomic mass is 10.0. The number of guanidine groups is 1. The van der Waals surface area contributed by atoms with Crippen LogP contribution in [0.2, 0.25) is 0 Å². The molecule has 0 spiro atoms. The molecule has 2 heterocycles. The molecular weight excluding hydrogens is 451 g/mol. The van der Waals surface area contributed by atoms with Crippen molar-refractivity contribution in [2.75, 3.05) is 31.1 Å². The quantitative estimate of drug-likeness (QED) is 0.353. The van der Waals surface area contributed by atoms with Gasteiger partial charge < -0.3 is 15.5 Å². The van der Waals surface area contributed by atoms with E-state index in [-0.39, 0.29) is 35.6 Å². The van der Waals surface area contributed by atoms with Gasteiger partial charge in [-0.15, -0.1) is 24.0 Å². The second-order valence-corrected chi connectivity index (χ2v) is 10.0. The molecule has 2 aliphatic heterocycles. The lowest BCUT2D eigenvalue weighted by Gasteiger charge is -2.35. The Labute approximate surface area is 170 Å². The van der Waals surface area contributed by atoms with Crippen molar-refractivity contribution in [2.24, 2.45) is 10.9 Å². The fourth-order valence-corrected chi connectivity index (χ4v) is 5.25. The highest BCUT2D eigenvalue weighted by Crippen LogP contribution is 2.18. The molecule has 0 radical (unpaired) electrons. The van der Waals surface area contributed by atoms with E-state index >= 15 is 0 Å². The van der Waals surface area contributed by atoms with Crippen molar-refractivity contribution < 1.29 is 8.42 Å². The Hall–Kier alpha value is -0.0900. The van der Waals surface area contributed by atoms with Crippen LogP contribution in [0.4, 0.5) is 0 Å². The van der Waals surface area contributed by atoms with Crippen LogP contribution in [0, 0.1) is 5.92 Å². The van der Waals surface area contributed by atoms with Crippen molar-refractivity contribution in [3.05, 3.63) is 0 Å². The van der Waals surface area contributed by atoms with Crippen molar-refractivity contribution in [3.8, 4) is 0 Å². The van der Waals surface area contributed by atoms with E-state index in [1.807, 2.05) is 0 Å². The summed E-state index contributed by atoms with van der Waals surface area (Å²) in [6.07, 6.45) is 2.98. The Morgan fingerprint density at radius 1 is 1.16 bits per heavy atom. The molecule has 2 aliphatic rings. The molecule has 0 aromatic heterocycles. The number of aliphatic imine (C=N–C) groups is 1. The molecule has 148 valence electrons. The summed E-state index contributed by atoms with van der Waals surface area (Å²) in [6, 6.07) is 1.36. The van der Waals surface area contributed by atoms with Gasteiger partial charge >= 0.3 is 0 Å². The van der Waals surface area contributed by atoms with Crippen LogP contribution in [0.1, 0.15) is 47.0 Å². The van der Waals surface area contributed by atoms with E-state index in [4.69, 9.17) is 0 Å². The van der Waals surface area contributed by atoms with Gasteiger partial charge in [0.15, 0.2) is 15.8 Å². The summed E-state index contributed by atoms with van der Waals surface area (Å²) in [5.74, 6) is 1.61. The van der Waals surface area contributed by atoms with Crippen molar-refractivity contribution >= 4 is 39.8 Å². The van der Waals surface area contributed by atoms with Gasteiger partial charge in [-0.2, -0.15) is 0 Å². The summed E-state index contributed by atoms with van der Waals surface area (Å²) < 4.78 is 23.2. The highest BCUT2D eigenvalue weighted by Gasteiger charge is 2.28. The molecular formula is C17H35IN4O2S. The molecule has 0 aromatic carbocycles. The van der Waals surface area contributed by atoms with Crippen LogP contribution < -0.4 is 10.6 Å². The maximum atomic E-state index is 11.6. The van der Waals surface area contributed by atoms with Gasteiger partial charge in [0, 0.05) is 37.8 Å². The molecule has 0 bridgehead atoms. The fourth-order valence-electron chi connectivity index (χ4n) is 3.40. The molecule has 0 saturated carbocycles. The molecule has 2 fully saturated rings. The maximum Gasteiger partial charge on any atom is 0.191 e. The van der Waals surface area contributed by atoms with Crippen LogP contribution in [-0.2, 0) is 9.84 Å². The number of sulfone groups is 1. The number of nitrogens with zero attached hydrogens (tertiary/aromatic N) is 2. The van der Waals surface area contributed by atoms with Crippen molar-refractivity contribution in [1.29, 1.82) is 0 Å². The van der Waals surface area contributed by atoms with Gasteiger partial charge in [-0.3, -0.25) is 4.99 Å². The lowest BCUT2D eigenvalue weighted by Crippen LogP contribution is -2.51. The molecule has 2 rings (SSSR count). The fraction of sp³-hybridized carbons (Fsp3) is 0.941. The monoisotopic (exact) mass is 486 g/mol. The topological polar surface area (TPSA) is 73.8 Å². The summed E-state index contributed by atoms with van der Waals surface area (Å²) in [5.41, 5.74) is 0. The first-order valence-corrected chi connectivity index (χ1v) is 11.1. The SMILES string of the molecule is CC(C)NC(=NCC1CCS(=O)(=O)C1)NC1CCN(C(C)C)CC1.I. The Balaban J connectivity index is 0.00000312. The van der Waals surface area contributed by atoms with Crippen LogP contribution in [-0.4, -0.2) is 68.5 Å². The molecule has 1 atom stereocenters. The predicted molar refractivity (Wildman–Crippen MR) is 116 cm³/mol. The van der Waals surface area contributed by atoms with E-state index in [1.165, 1.54) is 0 Å². The van der Waals surface area contributed by atoms with Gasteiger partial charge in [0.2, 0.25) is 0 Å². The minimum absolute atomic E-state index is 0. The minimum Gasteiger partial charge on any atom is -0.354 e. The van der Waals surface area contributed by atoms with Gasteiger partial charge in [-0.05, 0) is 52.9 Å². The first-order valence-electron chi connectivity index (χ1n) is 9.27. The average Bonchev–Trinajstić information content (AvgIpc) is 2.84. The standard InChI is InChI=1S/C17H34N4O2S.HI/c1-13(2)19-17(18-11-15-7-10-24(22,23)12-15)20-16-5-8-21(9-6-16)14(3)4;/h13-16H,5-12H2,1-4H3,(H2,18,19,20);1H. The molecule has 2 saturated heterocycles. The number of halogens is 1. The molecule has 8 heteroatoms. The molecule has 0 amide bonds. The number of likely N-dealkylation sites (tertiary alicyclic amines) is 1. The minimum atomic E-state index is -2.82. The molecule has 2 N–H and O–H groups in total. The summed E-state index contributed by atoms with van der Waals surface area (Å²) in [7, 11) is -2.82. The van der Waals surface area contributed by atoms with E-state index < -0.39 is 9.84 Å². The normalized spacial score (nSPS) is 25.2. The Kier molecular flexibility index (Phi) is 9.45. The highest BCUT2D eigenvalue weighted by atomic mass is 127. The molecule has 0 aliphatic carbocycles. The largest absolute Gasteiger partial charge is 0.354 e. The van der Waals surface area contributed by atoms with E-state index in [0.29, 0.717) is 30.4 Å². The summed E-state index contributed by atoms with van der Waals surface area (Å²) in [5, 5.41) is 6.94. The van der Waals surface area contributed by atoms with E-state index in [9.17, 15) is 8.42 Å². The third-order valence-corrected chi connectivity index (χ3v) is 6.70. The summed E-state index contributed by atoms with van der Waals surface area (Å²) in [4.78, 5) is 7.18. The lowest BCUT2D eigenvalue weighted by molar-refractivity contribution is 0.167. The summed E-state index contributed by atoms with van der Waals surface area (Å²) in [6.45, 7) is 11.5. The van der Waals surface area contributed by atoms with Gasteiger partial charge in [-0.1, -0.05) is 0 Å². The van der Waals surface area contributed by atoms with Gasteiger partial charge in [0.05, 0.1) is 11.5 Å². The predicted octanol–water partition coefficient (Wildman–Crippen LogP) is 1.86. The number of nitrogens with one attached hydrogen (secondary N) is 2. The van der Waals surface area contributed by atoms with Gasteiger partial charge in [0.25, 0.3) is 0 Å². The van der Waals surface area contributed by atoms with Crippen LogP contribution in [0.15, 0.2) is 4.99 Å². The average molecular weight is 486 g/mol. The van der Waals surface area contributed by atoms with Crippen molar-refractivity contribution in [2.45, 2.75) is 65.1 Å². The highest BCUT2D eigenvalue weighted by molar-refractivity contribution is 14.0. The number of hydrogen-bond acceptors (Lipinski definition) is 4. The second-order valence-electron chi connectivity index (χ2n) is 7.81. The van der Waals surface area contributed by atoms with Crippen LogP contribution in [0.3, 0.4) is 0 Å². The number of piperidine rings is 1. The molecule has 25 heavy (non-hydrogen) atoms. The Bertz CT molecular complexity index is 529. The first kappa shape index (κ1) is 23.0. The zero-order valence-corrected chi connectivity index (χ0v) is 19.1. The number of rotatable bonds is 5. The van der Waals surface area contributed by atoms with Crippen LogP contribution >= 0.6 is 24.0 Å². The molecule has 0 aromatic rings. The third kappa shape index (κ3) is 7.99. The second kappa shape index (κ2) is 10.3. The van der Waals surface area contributed by atoms with Crippen LogP contribution in [0.25, 0.3) is 0 Å². The maximum absolute atomic E-state index is 11.6. The zero-order chi connectivity index (χ0) is 17.7. The third-order valence-electron chi connectivity index (χ3n) is 4.86. The Morgan fingerprint density at radius 2 is 1.80 bits per heavy atom.